The van der Waals surface area contributed by atoms with Crippen molar-refractivity contribution in [3.63, 3.8) is 0 Å². The largest absolute Gasteiger partial charge is 0.205 e. The summed E-state index contributed by atoms with van der Waals surface area (Å²) in [6.45, 7) is 1.97. The molecule has 0 saturated carbocycles. The summed E-state index contributed by atoms with van der Waals surface area (Å²) in [4.78, 5) is 0. The standard InChI is InChI=1S/C9H10BrFS/c1-6-3-7(5-12-2)9(11)8(10)4-6/h3-4H,5H2,1-2H3. The van der Waals surface area contributed by atoms with Crippen molar-refractivity contribution in [3.8, 4) is 0 Å². The van der Waals surface area contributed by atoms with Crippen LogP contribution in [0.2, 0.25) is 0 Å². The molecule has 1 rings (SSSR count). The number of rotatable bonds is 2. The van der Waals surface area contributed by atoms with Gasteiger partial charge in [-0.25, -0.2) is 4.39 Å². The maximum Gasteiger partial charge on any atom is 0.141 e. The SMILES string of the molecule is CSCc1cc(C)cc(Br)c1F. The molecule has 1 aromatic carbocycles. The quantitative estimate of drug-likeness (QED) is 0.769. The molecule has 0 bridgehead atoms. The predicted octanol–water partition coefficient (Wildman–Crippen LogP) is 3.76. The molecule has 0 N–H and O–H groups in total. The van der Waals surface area contributed by atoms with Crippen LogP contribution >= 0.6 is 27.7 Å². The molecule has 0 aliphatic carbocycles. The molecule has 0 aliphatic rings. The van der Waals surface area contributed by atoms with E-state index in [0.29, 0.717) is 4.47 Å². The Balaban J connectivity index is 3.09. The van der Waals surface area contributed by atoms with Crippen LogP contribution < -0.4 is 0 Å². The average molecular weight is 249 g/mol. The van der Waals surface area contributed by atoms with Crippen LogP contribution in [0.3, 0.4) is 0 Å². The Labute approximate surface area is 84.7 Å². The van der Waals surface area contributed by atoms with E-state index in [9.17, 15) is 4.39 Å². The molecule has 0 atom stereocenters. The molecule has 0 saturated heterocycles. The van der Waals surface area contributed by atoms with Crippen molar-refractivity contribution in [1.82, 2.24) is 0 Å². The first-order valence-corrected chi connectivity index (χ1v) is 5.77. The van der Waals surface area contributed by atoms with Crippen LogP contribution in [-0.2, 0) is 5.75 Å². The fraction of sp³-hybridized carbons (Fsp3) is 0.333. The van der Waals surface area contributed by atoms with Crippen LogP contribution in [0.5, 0.6) is 0 Å². The lowest BCUT2D eigenvalue weighted by Crippen LogP contribution is -1.90. The number of thioether (sulfide) groups is 1. The molecule has 3 heteroatoms. The van der Waals surface area contributed by atoms with Gasteiger partial charge in [-0.3, -0.25) is 0 Å². The summed E-state index contributed by atoms with van der Waals surface area (Å²) in [6, 6.07) is 3.68. The van der Waals surface area contributed by atoms with E-state index in [2.05, 4.69) is 15.9 Å². The van der Waals surface area contributed by atoms with E-state index in [0.717, 1.165) is 16.9 Å². The molecule has 0 nitrogen and oxygen atoms in total. The molecular formula is C9H10BrFS. The Morgan fingerprint density at radius 1 is 1.50 bits per heavy atom. The maximum atomic E-state index is 13.3. The number of halogens is 2. The topological polar surface area (TPSA) is 0 Å². The number of aryl methyl sites for hydroxylation is 1. The van der Waals surface area contributed by atoms with Gasteiger partial charge in [-0.05, 0) is 46.3 Å². The Morgan fingerprint density at radius 2 is 2.17 bits per heavy atom. The molecule has 12 heavy (non-hydrogen) atoms. The molecule has 0 aliphatic heterocycles. The average Bonchev–Trinajstić information content (AvgIpc) is 2.00. The van der Waals surface area contributed by atoms with Crippen molar-refractivity contribution in [2.24, 2.45) is 0 Å². The van der Waals surface area contributed by atoms with E-state index in [1.54, 1.807) is 17.8 Å². The normalized spacial score (nSPS) is 10.3. The van der Waals surface area contributed by atoms with Gasteiger partial charge in [0, 0.05) is 5.75 Å². The molecule has 0 aromatic heterocycles. The second-order valence-corrected chi connectivity index (χ2v) is 4.37. The van der Waals surface area contributed by atoms with Gasteiger partial charge < -0.3 is 0 Å². The minimum atomic E-state index is -0.130. The summed E-state index contributed by atoms with van der Waals surface area (Å²) < 4.78 is 13.9. The number of hydrogen-bond acceptors (Lipinski definition) is 1. The molecule has 0 heterocycles. The summed E-state index contributed by atoms with van der Waals surface area (Å²) in [6.07, 6.45) is 1.97. The lowest BCUT2D eigenvalue weighted by atomic mass is 10.1. The van der Waals surface area contributed by atoms with Gasteiger partial charge in [0.25, 0.3) is 0 Å². The number of hydrogen-bond donors (Lipinski definition) is 0. The van der Waals surface area contributed by atoms with Crippen LogP contribution in [-0.4, -0.2) is 6.26 Å². The summed E-state index contributed by atoms with van der Waals surface area (Å²) in [5.74, 6) is 0.599. The first-order chi connectivity index (χ1) is 5.65. The van der Waals surface area contributed by atoms with Gasteiger partial charge in [0.05, 0.1) is 4.47 Å². The molecular weight excluding hydrogens is 239 g/mol. The lowest BCUT2D eigenvalue weighted by molar-refractivity contribution is 0.610. The summed E-state index contributed by atoms with van der Waals surface area (Å²) in [7, 11) is 0. The third kappa shape index (κ3) is 2.23. The fourth-order valence-electron chi connectivity index (χ4n) is 1.06. The minimum absolute atomic E-state index is 0.130. The van der Waals surface area contributed by atoms with E-state index in [-0.39, 0.29) is 5.82 Å². The highest BCUT2D eigenvalue weighted by Gasteiger charge is 2.06. The second kappa shape index (κ2) is 4.28. The highest BCUT2D eigenvalue weighted by molar-refractivity contribution is 9.10. The van der Waals surface area contributed by atoms with Crippen LogP contribution in [0.15, 0.2) is 16.6 Å². The van der Waals surface area contributed by atoms with E-state index in [1.165, 1.54) is 0 Å². The third-order valence-electron chi connectivity index (χ3n) is 1.55. The zero-order chi connectivity index (χ0) is 9.14. The van der Waals surface area contributed by atoms with Crippen LogP contribution in [0.1, 0.15) is 11.1 Å². The van der Waals surface area contributed by atoms with Gasteiger partial charge >= 0.3 is 0 Å². The van der Waals surface area contributed by atoms with Gasteiger partial charge in [-0.2, -0.15) is 11.8 Å². The fourth-order valence-corrected chi connectivity index (χ4v) is 2.19. The summed E-state index contributed by atoms with van der Waals surface area (Å²) in [5, 5.41) is 0. The summed E-state index contributed by atoms with van der Waals surface area (Å²) >= 11 is 4.81. The maximum absolute atomic E-state index is 13.3. The molecule has 0 amide bonds. The predicted molar refractivity (Wildman–Crippen MR) is 56.1 cm³/mol. The van der Waals surface area contributed by atoms with Crippen molar-refractivity contribution >= 4 is 27.7 Å². The number of benzene rings is 1. The van der Waals surface area contributed by atoms with Gasteiger partial charge in [-0.15, -0.1) is 0 Å². The van der Waals surface area contributed by atoms with Crippen LogP contribution in [0, 0.1) is 12.7 Å². The van der Waals surface area contributed by atoms with E-state index in [4.69, 9.17) is 0 Å². The second-order valence-electron chi connectivity index (χ2n) is 2.65. The van der Waals surface area contributed by atoms with Gasteiger partial charge in [0.1, 0.15) is 5.82 Å². The molecule has 0 unspecified atom stereocenters. The minimum Gasteiger partial charge on any atom is -0.205 e. The molecule has 0 spiro atoms. The van der Waals surface area contributed by atoms with Gasteiger partial charge in [0.15, 0.2) is 0 Å². The van der Waals surface area contributed by atoms with Gasteiger partial charge in [-0.1, -0.05) is 6.07 Å². The Hall–Kier alpha value is -0.0200. The smallest absolute Gasteiger partial charge is 0.141 e. The highest BCUT2D eigenvalue weighted by atomic mass is 79.9. The molecule has 0 radical (unpaired) electrons. The summed E-state index contributed by atoms with van der Waals surface area (Å²) in [5.41, 5.74) is 1.86. The van der Waals surface area contributed by atoms with Crippen molar-refractivity contribution in [2.75, 3.05) is 6.26 Å². The van der Waals surface area contributed by atoms with E-state index < -0.39 is 0 Å². The molecule has 1 aromatic rings. The third-order valence-corrected chi connectivity index (χ3v) is 2.72. The molecule has 66 valence electrons. The van der Waals surface area contributed by atoms with E-state index >= 15 is 0 Å². The zero-order valence-corrected chi connectivity index (χ0v) is 9.43. The monoisotopic (exact) mass is 248 g/mol. The first kappa shape index (κ1) is 10.1. The molecule has 0 fully saturated rings. The van der Waals surface area contributed by atoms with Crippen molar-refractivity contribution in [3.05, 3.63) is 33.5 Å². The van der Waals surface area contributed by atoms with Crippen LogP contribution in [0.4, 0.5) is 4.39 Å². The Bertz CT molecular complexity index is 286. The highest BCUT2D eigenvalue weighted by Crippen LogP contribution is 2.23. The Kier molecular flexibility index (Phi) is 3.59. The van der Waals surface area contributed by atoms with Crippen LogP contribution in [0.25, 0.3) is 0 Å². The van der Waals surface area contributed by atoms with Crippen molar-refractivity contribution in [1.29, 1.82) is 0 Å². The van der Waals surface area contributed by atoms with Crippen molar-refractivity contribution in [2.45, 2.75) is 12.7 Å². The first-order valence-electron chi connectivity index (χ1n) is 3.58. The lowest BCUT2D eigenvalue weighted by Gasteiger charge is -2.04. The van der Waals surface area contributed by atoms with Gasteiger partial charge in [0.2, 0.25) is 0 Å². The zero-order valence-electron chi connectivity index (χ0n) is 7.03. The van der Waals surface area contributed by atoms with E-state index in [1.807, 2.05) is 19.2 Å². The van der Waals surface area contributed by atoms with Crippen molar-refractivity contribution < 1.29 is 4.39 Å². The Morgan fingerprint density at radius 3 is 2.75 bits per heavy atom.